The highest BCUT2D eigenvalue weighted by molar-refractivity contribution is 5.32. The van der Waals surface area contributed by atoms with Gasteiger partial charge >= 0.3 is 5.69 Å². The highest BCUT2D eigenvalue weighted by Gasteiger charge is 2.16. The summed E-state index contributed by atoms with van der Waals surface area (Å²) in [5.41, 5.74) is 1.50. The quantitative estimate of drug-likeness (QED) is 0.365. The largest absolute Gasteiger partial charge is 0.331 e. The summed E-state index contributed by atoms with van der Waals surface area (Å²) in [5.74, 6) is 0. The van der Waals surface area contributed by atoms with Crippen LogP contribution in [0.5, 0.6) is 0 Å². The molecule has 0 unspecified atom stereocenters. The van der Waals surface area contributed by atoms with Crippen LogP contribution in [0.2, 0.25) is 0 Å². The lowest BCUT2D eigenvalue weighted by atomic mass is 10.1. The van der Waals surface area contributed by atoms with Gasteiger partial charge in [-0.2, -0.15) is 0 Å². The molecule has 0 amide bonds. The molecular weight excluding hydrogens is 408 g/mol. The highest BCUT2D eigenvalue weighted by atomic mass is 16.6. The van der Waals surface area contributed by atoms with Gasteiger partial charge in [0.2, 0.25) is 0 Å². The molecule has 1 aromatic carbocycles. The van der Waals surface area contributed by atoms with Gasteiger partial charge in [0.1, 0.15) is 0 Å². The predicted octanol–water partition coefficient (Wildman–Crippen LogP) is 3.97. The van der Waals surface area contributed by atoms with Gasteiger partial charge in [0.25, 0.3) is 11.2 Å². The van der Waals surface area contributed by atoms with Gasteiger partial charge in [-0.25, -0.2) is 4.79 Å². The Morgan fingerprint density at radius 2 is 1.56 bits per heavy atom. The number of rotatable bonds is 12. The third kappa shape index (κ3) is 6.63. The third-order valence-corrected chi connectivity index (χ3v) is 5.59. The molecule has 0 fully saturated rings. The van der Waals surface area contributed by atoms with E-state index in [0.717, 1.165) is 50.2 Å². The Hall–Kier alpha value is -2.74. The van der Waals surface area contributed by atoms with Crippen molar-refractivity contribution in [2.45, 2.75) is 72.4 Å². The van der Waals surface area contributed by atoms with E-state index < -0.39 is 0 Å². The smallest absolute Gasteiger partial charge is 0.303 e. The van der Waals surface area contributed by atoms with Gasteiger partial charge in [-0.1, -0.05) is 19.1 Å². The Morgan fingerprint density at radius 3 is 2.09 bits per heavy atom. The monoisotopic (exact) mass is 444 g/mol. The zero-order valence-electron chi connectivity index (χ0n) is 19.9. The first-order valence-corrected chi connectivity index (χ1v) is 11.5. The van der Waals surface area contributed by atoms with Gasteiger partial charge in [-0.3, -0.25) is 24.0 Å². The van der Waals surface area contributed by atoms with Crippen LogP contribution in [0.3, 0.4) is 0 Å². The summed E-state index contributed by atoms with van der Waals surface area (Å²) < 4.78 is 3.06. The molecule has 0 saturated carbocycles. The van der Waals surface area contributed by atoms with E-state index in [0.29, 0.717) is 6.42 Å². The molecule has 0 aliphatic rings. The minimum Gasteiger partial charge on any atom is -0.303 e. The van der Waals surface area contributed by atoms with E-state index in [1.54, 1.807) is 22.8 Å². The molecule has 2 rings (SSSR count). The summed E-state index contributed by atoms with van der Waals surface area (Å²) in [7, 11) is 0. The zero-order chi connectivity index (χ0) is 23.8. The number of hydrogen-bond acceptors (Lipinski definition) is 5. The Kier molecular flexibility index (Phi) is 9.38. The molecule has 176 valence electrons. The van der Waals surface area contributed by atoms with Crippen LogP contribution in [0.15, 0.2) is 39.9 Å². The van der Waals surface area contributed by atoms with Crippen molar-refractivity contribution in [3.63, 3.8) is 0 Å². The van der Waals surface area contributed by atoms with Gasteiger partial charge in [0.05, 0.1) is 4.92 Å². The number of nitro benzene ring substituents is 1. The second-order valence-corrected chi connectivity index (χ2v) is 8.80. The molecule has 0 spiro atoms. The van der Waals surface area contributed by atoms with Gasteiger partial charge in [0, 0.05) is 42.5 Å². The molecule has 0 N–H and O–H groups in total. The molecule has 1 aromatic heterocycles. The zero-order valence-corrected chi connectivity index (χ0v) is 19.9. The number of nitro groups is 1. The van der Waals surface area contributed by atoms with Crippen molar-refractivity contribution in [3.8, 4) is 0 Å². The molecule has 0 aliphatic heterocycles. The number of hydrogen-bond donors (Lipinski definition) is 0. The van der Waals surface area contributed by atoms with Crippen LogP contribution >= 0.6 is 0 Å². The molecule has 0 atom stereocenters. The second kappa shape index (κ2) is 11.8. The summed E-state index contributed by atoms with van der Waals surface area (Å²) in [6, 6.07) is 8.14. The van der Waals surface area contributed by atoms with E-state index in [2.05, 4.69) is 11.8 Å². The van der Waals surface area contributed by atoms with E-state index >= 15 is 0 Å². The summed E-state index contributed by atoms with van der Waals surface area (Å²) in [6.07, 6.45) is 3.36. The predicted molar refractivity (Wildman–Crippen MR) is 128 cm³/mol. The number of nitrogens with zero attached hydrogens (tertiary/aromatic N) is 4. The Bertz CT molecular complexity index is 1010. The van der Waals surface area contributed by atoms with Crippen LogP contribution in [0.1, 0.15) is 70.8 Å². The normalized spacial score (nSPS) is 11.6. The molecule has 0 bridgehead atoms. The number of benzene rings is 1. The van der Waals surface area contributed by atoms with Crippen molar-refractivity contribution in [3.05, 3.63) is 72.5 Å². The lowest BCUT2D eigenvalue weighted by molar-refractivity contribution is -0.384. The summed E-state index contributed by atoms with van der Waals surface area (Å²) >= 11 is 0. The molecule has 0 saturated heterocycles. The molecule has 8 heteroatoms. The van der Waals surface area contributed by atoms with Crippen LogP contribution in [0.25, 0.3) is 0 Å². The van der Waals surface area contributed by atoms with Gasteiger partial charge < -0.3 is 4.90 Å². The SMILES string of the molecule is CCCN(CCCc1cc(=O)n(C(C)C)c(=O)n1C(C)C)CCc1ccc([N+](=O)[O-])cc1. The summed E-state index contributed by atoms with van der Waals surface area (Å²) in [4.78, 5) is 38.2. The fraction of sp³-hybridized carbons (Fsp3) is 0.583. The Labute approximate surface area is 189 Å². The highest BCUT2D eigenvalue weighted by Crippen LogP contribution is 2.13. The first-order chi connectivity index (χ1) is 15.1. The second-order valence-electron chi connectivity index (χ2n) is 8.80. The minimum atomic E-state index is -0.385. The fourth-order valence-electron chi connectivity index (χ4n) is 4.04. The lowest BCUT2D eigenvalue weighted by Crippen LogP contribution is -2.42. The Morgan fingerprint density at radius 1 is 0.938 bits per heavy atom. The van der Waals surface area contributed by atoms with Crippen molar-refractivity contribution in [1.82, 2.24) is 14.0 Å². The number of aromatic nitrogens is 2. The maximum atomic E-state index is 12.9. The maximum Gasteiger partial charge on any atom is 0.331 e. The van der Waals surface area contributed by atoms with Crippen LogP contribution in [0, 0.1) is 10.1 Å². The van der Waals surface area contributed by atoms with E-state index in [1.807, 2.05) is 39.8 Å². The van der Waals surface area contributed by atoms with Crippen molar-refractivity contribution in [2.24, 2.45) is 0 Å². The first-order valence-electron chi connectivity index (χ1n) is 11.5. The lowest BCUT2D eigenvalue weighted by Gasteiger charge is -2.23. The van der Waals surface area contributed by atoms with Crippen LogP contribution < -0.4 is 11.2 Å². The Balaban J connectivity index is 2.05. The van der Waals surface area contributed by atoms with Crippen LogP contribution in [-0.4, -0.2) is 38.6 Å². The number of non-ortho nitro benzene ring substituents is 1. The average molecular weight is 445 g/mol. The maximum absolute atomic E-state index is 12.9. The molecule has 1 heterocycles. The topological polar surface area (TPSA) is 90.4 Å². The summed E-state index contributed by atoms with van der Waals surface area (Å²) in [6.45, 7) is 12.4. The van der Waals surface area contributed by atoms with E-state index in [1.165, 1.54) is 4.57 Å². The van der Waals surface area contributed by atoms with Gasteiger partial charge in [-0.15, -0.1) is 0 Å². The van der Waals surface area contributed by atoms with E-state index in [9.17, 15) is 19.7 Å². The number of aryl methyl sites for hydroxylation is 1. The van der Waals surface area contributed by atoms with E-state index in [4.69, 9.17) is 0 Å². The first kappa shape index (κ1) is 25.5. The van der Waals surface area contributed by atoms with Crippen molar-refractivity contribution >= 4 is 5.69 Å². The standard InChI is InChI=1S/C24H36N4O4/c1-6-14-25(16-13-20-9-11-21(12-10-20)28(31)32)15-7-8-22-17-23(29)27(19(4)5)24(30)26(22)18(2)3/h9-12,17-19H,6-8,13-16H2,1-5H3. The van der Waals surface area contributed by atoms with Crippen LogP contribution in [0.4, 0.5) is 5.69 Å². The molecule has 0 aliphatic carbocycles. The average Bonchev–Trinajstić information content (AvgIpc) is 2.71. The van der Waals surface area contributed by atoms with Crippen molar-refractivity contribution < 1.29 is 4.92 Å². The van der Waals surface area contributed by atoms with Crippen molar-refractivity contribution in [2.75, 3.05) is 19.6 Å². The van der Waals surface area contributed by atoms with Crippen molar-refractivity contribution in [1.29, 1.82) is 0 Å². The molecular formula is C24H36N4O4. The minimum absolute atomic E-state index is 0.0167. The molecule has 32 heavy (non-hydrogen) atoms. The fourth-order valence-corrected chi connectivity index (χ4v) is 4.04. The van der Waals surface area contributed by atoms with Gasteiger partial charge in [-0.05, 0) is 72.0 Å². The van der Waals surface area contributed by atoms with Gasteiger partial charge in [0.15, 0.2) is 0 Å². The summed E-state index contributed by atoms with van der Waals surface area (Å²) in [5, 5.41) is 10.8. The molecule has 2 aromatic rings. The third-order valence-electron chi connectivity index (χ3n) is 5.59. The molecule has 0 radical (unpaired) electrons. The van der Waals surface area contributed by atoms with Crippen LogP contribution in [-0.2, 0) is 12.8 Å². The van der Waals surface area contributed by atoms with E-state index in [-0.39, 0.29) is 33.9 Å². The molecule has 8 nitrogen and oxygen atoms in total.